The molecular formula is C27H22N4O2S. The first kappa shape index (κ1) is 21.7. The molecule has 1 aromatic heterocycles. The Bertz CT molecular complexity index is 1500. The third-order valence-electron chi connectivity index (χ3n) is 5.47. The van der Waals surface area contributed by atoms with Crippen LogP contribution in [0.2, 0.25) is 0 Å². The number of hydrazone groups is 1. The molecule has 2 N–H and O–H groups in total. The van der Waals surface area contributed by atoms with E-state index in [2.05, 4.69) is 27.2 Å². The molecule has 0 aliphatic carbocycles. The van der Waals surface area contributed by atoms with Crippen LogP contribution in [0.25, 0.3) is 21.8 Å². The number of nitrogens with one attached hydrogen (secondary N) is 1. The van der Waals surface area contributed by atoms with E-state index in [1.165, 1.54) is 18.0 Å². The summed E-state index contributed by atoms with van der Waals surface area (Å²) in [6, 6.07) is 29.3. The van der Waals surface area contributed by atoms with E-state index in [0.29, 0.717) is 12.1 Å². The van der Waals surface area contributed by atoms with Gasteiger partial charge in [-0.15, -0.1) is 0 Å². The smallest absolute Gasteiger partial charge is 0.250 e. The maximum Gasteiger partial charge on any atom is 0.250 e. The Morgan fingerprint density at radius 1 is 0.971 bits per heavy atom. The van der Waals surface area contributed by atoms with Gasteiger partial charge in [0.15, 0.2) is 5.16 Å². The zero-order chi connectivity index (χ0) is 23.3. The van der Waals surface area contributed by atoms with Crippen molar-refractivity contribution in [1.82, 2.24) is 15.0 Å². The van der Waals surface area contributed by atoms with Gasteiger partial charge in [0.05, 0.1) is 29.5 Å². The highest BCUT2D eigenvalue weighted by molar-refractivity contribution is 7.99. The number of thioether (sulfide) groups is 1. The van der Waals surface area contributed by atoms with Gasteiger partial charge in [0.25, 0.3) is 5.91 Å². The summed E-state index contributed by atoms with van der Waals surface area (Å²) < 4.78 is 2.13. The number of fused-ring (bicyclic) bond motifs is 2. The molecule has 0 saturated carbocycles. The second-order valence-electron chi connectivity index (χ2n) is 7.76. The molecule has 0 radical (unpaired) electrons. The molecule has 34 heavy (non-hydrogen) atoms. The van der Waals surface area contributed by atoms with Crippen molar-refractivity contribution in [3.8, 4) is 5.75 Å². The van der Waals surface area contributed by atoms with Gasteiger partial charge in [-0.1, -0.05) is 84.6 Å². The van der Waals surface area contributed by atoms with Gasteiger partial charge in [0, 0.05) is 5.56 Å². The van der Waals surface area contributed by atoms with Crippen molar-refractivity contribution < 1.29 is 9.90 Å². The number of aromatic nitrogens is 2. The van der Waals surface area contributed by atoms with Crippen molar-refractivity contribution >= 4 is 45.7 Å². The topological polar surface area (TPSA) is 79.5 Å². The Morgan fingerprint density at radius 3 is 2.62 bits per heavy atom. The van der Waals surface area contributed by atoms with Crippen LogP contribution in [0.15, 0.2) is 101 Å². The summed E-state index contributed by atoms with van der Waals surface area (Å²) in [4.78, 5) is 17.2. The third-order valence-corrected chi connectivity index (χ3v) is 6.44. The predicted molar refractivity (Wildman–Crippen MR) is 137 cm³/mol. The zero-order valence-corrected chi connectivity index (χ0v) is 19.1. The van der Waals surface area contributed by atoms with Crippen LogP contribution in [-0.4, -0.2) is 32.5 Å². The van der Waals surface area contributed by atoms with E-state index in [1.807, 2.05) is 72.8 Å². The molecule has 5 aromatic rings. The molecule has 0 aliphatic rings. The Kier molecular flexibility index (Phi) is 6.27. The first-order valence-electron chi connectivity index (χ1n) is 10.8. The fourth-order valence-electron chi connectivity index (χ4n) is 3.83. The number of carbonyl (C=O) groups is 1. The van der Waals surface area contributed by atoms with Gasteiger partial charge in [-0.3, -0.25) is 4.79 Å². The second kappa shape index (κ2) is 9.80. The van der Waals surface area contributed by atoms with Crippen molar-refractivity contribution in [3.63, 3.8) is 0 Å². The number of aromatic hydroxyl groups is 1. The number of rotatable bonds is 7. The summed E-state index contributed by atoms with van der Waals surface area (Å²) in [5.41, 5.74) is 6.21. The number of nitrogens with zero attached hydrogens (tertiary/aromatic N) is 3. The SMILES string of the molecule is O=C(CSc1nc2ccccc2n1Cc1ccccc1)NN=Cc1c(O)ccc2ccccc12. The van der Waals surface area contributed by atoms with Gasteiger partial charge in [-0.25, -0.2) is 10.4 Å². The first-order valence-corrected chi connectivity index (χ1v) is 11.8. The molecule has 1 heterocycles. The van der Waals surface area contributed by atoms with Crippen molar-refractivity contribution in [2.24, 2.45) is 5.10 Å². The quantitative estimate of drug-likeness (QED) is 0.197. The lowest BCUT2D eigenvalue weighted by molar-refractivity contribution is -0.118. The molecule has 5 rings (SSSR count). The van der Waals surface area contributed by atoms with Crippen molar-refractivity contribution in [1.29, 1.82) is 0 Å². The van der Waals surface area contributed by atoms with Crippen LogP contribution in [0.4, 0.5) is 0 Å². The van der Waals surface area contributed by atoms with Crippen molar-refractivity contribution in [3.05, 3.63) is 102 Å². The number of para-hydroxylation sites is 2. The van der Waals surface area contributed by atoms with E-state index < -0.39 is 0 Å². The molecule has 0 unspecified atom stereocenters. The highest BCUT2D eigenvalue weighted by atomic mass is 32.2. The second-order valence-corrected chi connectivity index (χ2v) is 8.70. The average Bonchev–Trinajstić information content (AvgIpc) is 3.22. The maximum absolute atomic E-state index is 12.5. The van der Waals surface area contributed by atoms with E-state index in [1.54, 1.807) is 6.07 Å². The minimum Gasteiger partial charge on any atom is -0.507 e. The summed E-state index contributed by atoms with van der Waals surface area (Å²) in [5.74, 6) is 0.0248. The summed E-state index contributed by atoms with van der Waals surface area (Å²) in [6.45, 7) is 0.670. The Morgan fingerprint density at radius 2 is 1.74 bits per heavy atom. The van der Waals surface area contributed by atoms with Crippen LogP contribution in [0.5, 0.6) is 5.75 Å². The molecular weight excluding hydrogens is 444 g/mol. The highest BCUT2D eigenvalue weighted by Gasteiger charge is 2.13. The van der Waals surface area contributed by atoms with Crippen LogP contribution >= 0.6 is 11.8 Å². The Hall–Kier alpha value is -4.10. The van der Waals surface area contributed by atoms with Gasteiger partial charge in [-0.2, -0.15) is 5.10 Å². The summed E-state index contributed by atoms with van der Waals surface area (Å²) in [5, 5.41) is 16.9. The van der Waals surface area contributed by atoms with Crippen LogP contribution < -0.4 is 5.43 Å². The third kappa shape index (κ3) is 4.65. The normalized spacial score (nSPS) is 11.4. The van der Waals surface area contributed by atoms with Crippen molar-refractivity contribution in [2.75, 3.05) is 5.75 Å². The number of phenols is 1. The standard InChI is InChI=1S/C27H22N4O2S/c32-25-15-14-20-10-4-5-11-21(20)22(25)16-28-30-26(33)18-34-27-29-23-12-6-7-13-24(23)31(27)17-19-8-2-1-3-9-19/h1-16,32H,17-18H2,(H,30,33). The fraction of sp³-hybridized carbons (Fsp3) is 0.0741. The highest BCUT2D eigenvalue weighted by Crippen LogP contribution is 2.26. The Balaban J connectivity index is 1.29. The van der Waals surface area contributed by atoms with Gasteiger partial charge >= 0.3 is 0 Å². The van der Waals surface area contributed by atoms with Gasteiger partial charge in [0.2, 0.25) is 0 Å². The summed E-state index contributed by atoms with van der Waals surface area (Å²) in [7, 11) is 0. The largest absolute Gasteiger partial charge is 0.507 e. The molecule has 0 bridgehead atoms. The Labute approximate surface area is 201 Å². The number of hydrogen-bond acceptors (Lipinski definition) is 5. The summed E-state index contributed by atoms with van der Waals surface area (Å²) in [6.07, 6.45) is 1.48. The minimum absolute atomic E-state index is 0.112. The number of amides is 1. The molecule has 0 saturated heterocycles. The zero-order valence-electron chi connectivity index (χ0n) is 18.3. The molecule has 6 nitrogen and oxygen atoms in total. The van der Waals surface area contributed by atoms with E-state index >= 15 is 0 Å². The monoisotopic (exact) mass is 466 g/mol. The van der Waals surface area contributed by atoms with E-state index in [0.717, 1.165) is 32.5 Å². The lowest BCUT2D eigenvalue weighted by Crippen LogP contribution is -2.20. The van der Waals surface area contributed by atoms with E-state index in [4.69, 9.17) is 4.98 Å². The van der Waals surface area contributed by atoms with Gasteiger partial charge in [0.1, 0.15) is 5.75 Å². The minimum atomic E-state index is -0.251. The lowest BCUT2D eigenvalue weighted by Gasteiger charge is -2.09. The maximum atomic E-state index is 12.5. The predicted octanol–water partition coefficient (Wildman–Crippen LogP) is 5.19. The molecule has 0 fully saturated rings. The van der Waals surface area contributed by atoms with E-state index in [9.17, 15) is 9.90 Å². The van der Waals surface area contributed by atoms with Crippen LogP contribution in [0, 0.1) is 0 Å². The van der Waals surface area contributed by atoms with Gasteiger partial charge in [-0.05, 0) is 34.5 Å². The molecule has 168 valence electrons. The molecule has 4 aromatic carbocycles. The molecule has 0 aliphatic heterocycles. The first-order chi connectivity index (χ1) is 16.7. The number of imidazole rings is 1. The van der Waals surface area contributed by atoms with Gasteiger partial charge < -0.3 is 9.67 Å². The fourth-order valence-corrected chi connectivity index (χ4v) is 4.64. The molecule has 7 heteroatoms. The van der Waals surface area contributed by atoms with E-state index in [-0.39, 0.29) is 17.4 Å². The van der Waals surface area contributed by atoms with Crippen molar-refractivity contribution in [2.45, 2.75) is 11.7 Å². The number of hydrogen-bond donors (Lipinski definition) is 2. The summed E-state index contributed by atoms with van der Waals surface area (Å²) >= 11 is 1.37. The number of carbonyl (C=O) groups excluding carboxylic acids is 1. The number of benzene rings is 4. The lowest BCUT2D eigenvalue weighted by atomic mass is 10.0. The molecule has 0 spiro atoms. The number of phenolic OH excluding ortho intramolecular Hbond substituents is 1. The van der Waals surface area contributed by atoms with Crippen LogP contribution in [0.1, 0.15) is 11.1 Å². The van der Waals surface area contributed by atoms with Crippen LogP contribution in [0.3, 0.4) is 0 Å². The van der Waals surface area contributed by atoms with Crippen LogP contribution in [-0.2, 0) is 11.3 Å². The molecule has 1 amide bonds. The molecule has 0 atom stereocenters. The average molecular weight is 467 g/mol.